The number of ether oxygens (including phenoxy) is 2. The Morgan fingerprint density at radius 3 is 2.58 bits per heavy atom. The third-order valence-electron chi connectivity index (χ3n) is 7.31. The number of hydrogen-bond donors (Lipinski definition) is 6. The number of aliphatic hydroxyl groups excluding tert-OH is 2. The molecule has 2 aliphatic heterocycles. The number of H-pyrrole nitrogens is 1. The summed E-state index contributed by atoms with van der Waals surface area (Å²) in [6.07, 6.45) is -2.27. The van der Waals surface area contributed by atoms with E-state index in [9.17, 15) is 33.9 Å². The van der Waals surface area contributed by atoms with E-state index in [-0.39, 0.29) is 41.0 Å². The summed E-state index contributed by atoms with van der Waals surface area (Å²) in [6, 6.07) is 0. The SMILES string of the molecule is Nc1ncnc2c1ncn2[C@@H]1O[C@H](CCOP(=O)(O)[C@@H]2C[C@@H](CO)O[C@H]2n2cnc3c(=O)[nH]cnc32)[C@@H](O[PH](=O)O)[C@H]1O. The van der Waals surface area contributed by atoms with Gasteiger partial charge in [0.25, 0.3) is 5.56 Å². The van der Waals surface area contributed by atoms with E-state index in [0.717, 1.165) is 6.33 Å². The molecule has 2 saturated heterocycles. The zero-order chi connectivity index (χ0) is 30.5. The molecule has 2 fully saturated rings. The number of imidazole rings is 2. The van der Waals surface area contributed by atoms with Crippen LogP contribution in [0.15, 0.2) is 30.1 Å². The van der Waals surface area contributed by atoms with Crippen LogP contribution in [0.25, 0.3) is 22.3 Å². The zero-order valence-electron chi connectivity index (χ0n) is 22.0. The number of anilines is 1. The number of hydrogen-bond acceptors (Lipinski definition) is 15. The van der Waals surface area contributed by atoms with Crippen molar-refractivity contribution in [3.05, 3.63) is 35.7 Å². The van der Waals surface area contributed by atoms with Crippen LogP contribution in [0.3, 0.4) is 0 Å². The summed E-state index contributed by atoms with van der Waals surface area (Å²) in [5.74, 6) is 0.0944. The van der Waals surface area contributed by atoms with Crippen molar-refractivity contribution in [2.24, 2.45) is 0 Å². The Hall–Kier alpha value is -3.16. The van der Waals surface area contributed by atoms with Gasteiger partial charge in [-0.1, -0.05) is 0 Å². The number of nitrogens with one attached hydrogen (secondary N) is 1. The lowest BCUT2D eigenvalue weighted by atomic mass is 10.1. The monoisotopic (exact) mass is 643 g/mol. The van der Waals surface area contributed by atoms with E-state index in [1.807, 2.05) is 0 Å². The van der Waals surface area contributed by atoms with Gasteiger partial charge in [0.1, 0.15) is 29.7 Å². The second-order valence-electron chi connectivity index (χ2n) is 9.86. The first-order valence-corrected chi connectivity index (χ1v) is 15.8. The average molecular weight is 643 g/mol. The topological polar surface area (TPSA) is 285 Å². The number of nitrogens with zero attached hydrogens (tertiary/aromatic N) is 7. The van der Waals surface area contributed by atoms with Crippen LogP contribution in [0.1, 0.15) is 25.3 Å². The van der Waals surface area contributed by atoms with Gasteiger partial charge < -0.3 is 49.2 Å². The molecular formula is C21H27N9O11P2. The molecule has 22 heteroatoms. The van der Waals surface area contributed by atoms with Gasteiger partial charge in [-0.15, -0.1) is 0 Å². The van der Waals surface area contributed by atoms with E-state index in [4.69, 9.17) is 24.3 Å². The van der Waals surface area contributed by atoms with Gasteiger partial charge in [0.15, 0.2) is 35.1 Å². The van der Waals surface area contributed by atoms with Gasteiger partial charge in [-0.3, -0.25) is 23.1 Å². The molecule has 6 heterocycles. The minimum absolute atomic E-state index is 0.00786. The van der Waals surface area contributed by atoms with Crippen LogP contribution in [-0.2, 0) is 27.7 Å². The summed E-state index contributed by atoms with van der Waals surface area (Å²) in [4.78, 5) is 55.2. The molecule has 20 nitrogen and oxygen atoms in total. The first-order valence-electron chi connectivity index (χ1n) is 12.9. The highest BCUT2D eigenvalue weighted by molar-refractivity contribution is 7.53. The molecule has 0 radical (unpaired) electrons. The maximum absolute atomic E-state index is 13.5. The summed E-state index contributed by atoms with van der Waals surface area (Å²) >= 11 is 0. The van der Waals surface area contributed by atoms with E-state index in [0.29, 0.717) is 0 Å². The lowest BCUT2D eigenvalue weighted by Crippen LogP contribution is -2.33. The molecule has 0 aromatic carbocycles. The molecule has 232 valence electrons. The third kappa shape index (κ3) is 5.51. The van der Waals surface area contributed by atoms with Crippen molar-refractivity contribution >= 4 is 44.0 Å². The largest absolute Gasteiger partial charge is 0.394 e. The van der Waals surface area contributed by atoms with Gasteiger partial charge in [0.2, 0.25) is 0 Å². The summed E-state index contributed by atoms with van der Waals surface area (Å²) in [5.41, 5.74) is 4.72. The second-order valence-corrected chi connectivity index (χ2v) is 12.7. The Labute approximate surface area is 240 Å². The van der Waals surface area contributed by atoms with E-state index in [1.165, 1.54) is 28.1 Å². The van der Waals surface area contributed by atoms with Crippen LogP contribution in [0, 0.1) is 0 Å². The van der Waals surface area contributed by atoms with Gasteiger partial charge in [0.05, 0.1) is 44.4 Å². The van der Waals surface area contributed by atoms with Crippen molar-refractivity contribution < 1.29 is 47.7 Å². The minimum Gasteiger partial charge on any atom is -0.394 e. The fraction of sp³-hybridized carbons (Fsp3) is 0.524. The number of rotatable bonds is 10. The van der Waals surface area contributed by atoms with Crippen molar-refractivity contribution in [2.75, 3.05) is 18.9 Å². The minimum atomic E-state index is -4.51. The number of nitrogens with two attached hydrogens (primary N) is 1. The fourth-order valence-corrected chi connectivity index (χ4v) is 7.46. The molecular weight excluding hydrogens is 616 g/mol. The Morgan fingerprint density at radius 1 is 1.12 bits per heavy atom. The zero-order valence-corrected chi connectivity index (χ0v) is 23.9. The van der Waals surface area contributed by atoms with E-state index < -0.39 is 77.2 Å². The highest BCUT2D eigenvalue weighted by atomic mass is 31.2. The molecule has 6 rings (SSSR count). The van der Waals surface area contributed by atoms with Crippen LogP contribution >= 0.6 is 15.9 Å². The third-order valence-corrected chi connectivity index (χ3v) is 9.64. The number of aromatic nitrogens is 8. The highest BCUT2D eigenvalue weighted by Crippen LogP contribution is 2.57. The second kappa shape index (κ2) is 11.7. The molecule has 9 atom stereocenters. The smallest absolute Gasteiger partial charge is 0.335 e. The van der Waals surface area contributed by atoms with Crippen LogP contribution in [0.4, 0.5) is 5.82 Å². The van der Waals surface area contributed by atoms with Crippen molar-refractivity contribution in [3.63, 3.8) is 0 Å². The molecule has 0 bridgehead atoms. The Bertz CT molecular complexity index is 1770. The number of aromatic amines is 1. The Morgan fingerprint density at radius 2 is 1.84 bits per heavy atom. The number of aliphatic hydroxyl groups is 2. The predicted molar refractivity (Wildman–Crippen MR) is 144 cm³/mol. The normalized spacial score (nSPS) is 29.8. The lowest BCUT2D eigenvalue weighted by molar-refractivity contribution is -0.0401. The summed E-state index contributed by atoms with van der Waals surface area (Å²) in [5, 5.41) is 20.7. The molecule has 2 aliphatic rings. The van der Waals surface area contributed by atoms with Gasteiger partial charge in [0, 0.05) is 6.42 Å². The summed E-state index contributed by atoms with van der Waals surface area (Å²) < 4.78 is 50.1. The fourth-order valence-electron chi connectivity index (χ4n) is 5.34. The van der Waals surface area contributed by atoms with Crippen molar-refractivity contribution in [3.8, 4) is 0 Å². The quantitative estimate of drug-likeness (QED) is 0.111. The van der Waals surface area contributed by atoms with Gasteiger partial charge >= 0.3 is 15.9 Å². The number of fused-ring (bicyclic) bond motifs is 2. The van der Waals surface area contributed by atoms with Crippen LogP contribution in [0.5, 0.6) is 0 Å². The summed E-state index contributed by atoms with van der Waals surface area (Å²) in [7, 11) is -8.04. The maximum atomic E-state index is 13.5. The molecule has 0 saturated carbocycles. The van der Waals surface area contributed by atoms with E-state index >= 15 is 0 Å². The van der Waals surface area contributed by atoms with Crippen LogP contribution in [0.2, 0.25) is 0 Å². The van der Waals surface area contributed by atoms with Crippen LogP contribution < -0.4 is 11.3 Å². The maximum Gasteiger partial charge on any atom is 0.335 e. The predicted octanol–water partition coefficient (Wildman–Crippen LogP) is -1.19. The van der Waals surface area contributed by atoms with Gasteiger partial charge in [-0.2, -0.15) is 0 Å². The molecule has 43 heavy (non-hydrogen) atoms. The molecule has 2 unspecified atom stereocenters. The first kappa shape index (κ1) is 29.9. The Balaban J connectivity index is 1.19. The van der Waals surface area contributed by atoms with E-state index in [2.05, 4.69) is 29.9 Å². The van der Waals surface area contributed by atoms with Gasteiger partial charge in [-0.05, 0) is 6.42 Å². The van der Waals surface area contributed by atoms with Crippen LogP contribution in [-0.4, -0.2) is 102 Å². The molecule has 0 amide bonds. The highest BCUT2D eigenvalue weighted by Gasteiger charge is 2.50. The summed E-state index contributed by atoms with van der Waals surface area (Å²) in [6.45, 7) is -0.846. The molecule has 4 aromatic heterocycles. The average Bonchev–Trinajstić information content (AvgIpc) is 3.75. The molecule has 0 spiro atoms. The van der Waals surface area contributed by atoms with Crippen molar-refractivity contribution in [1.29, 1.82) is 0 Å². The van der Waals surface area contributed by atoms with Crippen molar-refractivity contribution in [1.82, 2.24) is 39.0 Å². The number of nitrogen functional groups attached to an aromatic ring is 1. The molecule has 0 aliphatic carbocycles. The first-order chi connectivity index (χ1) is 20.6. The Kier molecular flexibility index (Phi) is 8.16. The molecule has 4 aromatic rings. The standard InChI is InChI=1S/C21H27N9O11P2/c22-16-12-17(24-5-23-16)30(7-27-12)21-14(32)15(41-42(34)35)10(40-21)1-2-38-43(36,37)11-3-9(4-31)39-20(11)29-8-28-13-18(29)25-6-26-19(13)33/h5-11,14-15,20-21,31-32,42H,1-4H2,(H,34,35)(H,36,37)(H2,22,23,24)(H,25,26,33)/t9-,10+,11+,14+,15+,20+,21+/m0/s1. The lowest BCUT2D eigenvalue weighted by Gasteiger charge is -2.25. The van der Waals surface area contributed by atoms with E-state index in [1.54, 1.807) is 0 Å². The molecule has 7 N–H and O–H groups in total. The van der Waals surface area contributed by atoms with Crippen molar-refractivity contribution in [2.45, 2.75) is 55.4 Å². The van der Waals surface area contributed by atoms with Gasteiger partial charge in [-0.25, -0.2) is 24.9 Å².